The Morgan fingerprint density at radius 1 is 0.481 bits per heavy atom. The molecule has 0 atom stereocenters. The number of anilines is 3. The second kappa shape index (κ2) is 10.6. The fourth-order valence-electron chi connectivity index (χ4n) is 8.71. The van der Waals surface area contributed by atoms with Crippen LogP contribution in [0, 0.1) is 27.7 Å². The zero-order valence-corrected chi connectivity index (χ0v) is 29.4. The van der Waals surface area contributed by atoms with Crippen molar-refractivity contribution >= 4 is 84.6 Å². The van der Waals surface area contributed by atoms with Gasteiger partial charge < -0.3 is 22.9 Å². The van der Waals surface area contributed by atoms with Gasteiger partial charge in [0.1, 0.15) is 5.69 Å². The summed E-state index contributed by atoms with van der Waals surface area (Å²) in [6, 6.07) is 48.1. The number of rotatable bonds is 3. The molecule has 0 aliphatic carbocycles. The highest BCUT2D eigenvalue weighted by Crippen LogP contribution is 2.47. The molecule has 9 aromatic rings. The Kier molecular flexibility index (Phi) is 5.96. The average molecular weight is 672 g/mol. The van der Waals surface area contributed by atoms with E-state index in [0.29, 0.717) is 0 Å². The maximum atomic E-state index is 7.26. The lowest BCUT2D eigenvalue weighted by atomic mass is 9.34. The van der Waals surface area contributed by atoms with Gasteiger partial charge in [-0.2, -0.15) is 0 Å². The van der Waals surface area contributed by atoms with Crippen molar-refractivity contribution in [2.24, 2.45) is 0 Å². The molecular weight excluding hydrogens is 637 g/mol. The normalized spacial score (nSPS) is 12.6. The lowest BCUT2D eigenvalue weighted by Gasteiger charge is -2.37. The van der Waals surface area contributed by atoms with E-state index in [1.54, 1.807) is 0 Å². The van der Waals surface area contributed by atoms with Gasteiger partial charge >= 0.3 is 0 Å². The Bertz CT molecular complexity index is 2810. The highest BCUT2D eigenvalue weighted by molar-refractivity contribution is 7.00. The summed E-state index contributed by atoms with van der Waals surface area (Å²) in [4.78, 5) is 2.32. The van der Waals surface area contributed by atoms with Crippen molar-refractivity contribution in [2.45, 2.75) is 27.7 Å². The van der Waals surface area contributed by atoms with Crippen LogP contribution >= 0.6 is 0 Å². The minimum Gasteiger partial charge on any atom is -0.451 e. The van der Waals surface area contributed by atoms with Crippen molar-refractivity contribution in [2.75, 3.05) is 4.90 Å². The summed E-state index contributed by atoms with van der Waals surface area (Å²) in [5, 5.41) is 0. The van der Waals surface area contributed by atoms with Gasteiger partial charge in [-0.15, -0.1) is 0 Å². The maximum absolute atomic E-state index is 7.26. The Labute approximate surface area is 301 Å². The second-order valence-corrected chi connectivity index (χ2v) is 14.5. The summed E-state index contributed by atoms with van der Waals surface area (Å²) in [6.07, 6.45) is 0. The van der Waals surface area contributed by atoms with E-state index >= 15 is 0 Å². The second-order valence-electron chi connectivity index (χ2n) is 14.5. The maximum Gasteiger partial charge on any atom is 0.252 e. The lowest BCUT2D eigenvalue weighted by Crippen LogP contribution is -2.60. The molecular formula is C46H34BN3O2. The van der Waals surface area contributed by atoms with Crippen LogP contribution in [0.25, 0.3) is 55.8 Å². The Morgan fingerprint density at radius 2 is 0.904 bits per heavy atom. The molecule has 0 saturated carbocycles. The van der Waals surface area contributed by atoms with E-state index in [2.05, 4.69) is 175 Å². The van der Waals surface area contributed by atoms with E-state index in [0.717, 1.165) is 61.5 Å². The minimum atomic E-state index is -0.0382. The van der Waals surface area contributed by atoms with Crippen LogP contribution in [0.3, 0.4) is 0 Å². The summed E-state index contributed by atoms with van der Waals surface area (Å²) in [5.41, 5.74) is 21.2. The number of hydrogen-bond donors (Lipinski definition) is 0. The van der Waals surface area contributed by atoms with Gasteiger partial charge in [0.25, 0.3) is 6.71 Å². The molecule has 0 fully saturated rings. The molecule has 0 spiro atoms. The minimum absolute atomic E-state index is 0.0382. The molecule has 0 N–H and O–H groups in total. The molecule has 2 aliphatic rings. The summed E-state index contributed by atoms with van der Waals surface area (Å²) < 4.78 is 19.4. The van der Waals surface area contributed by atoms with Gasteiger partial charge in [0.15, 0.2) is 22.3 Å². The standard InChI is InChI=1S/C46H34BN3O2/c1-27-13-19-31(20-14-27)48(32-21-15-28(2)16-22-32)44-45-42-41-43-46(44)52-40-12-8-6-10-38(40)50(43)36-24-18-30(4)26-34(36)47(41)33-25-29(3)17-23-35(33)49(42)37-9-5-7-11-39(37)51-45/h5-26H,1-4H3. The number of nitrogens with zero attached hydrogens (tertiary/aromatic N) is 3. The van der Waals surface area contributed by atoms with Crippen molar-refractivity contribution in [1.82, 2.24) is 9.13 Å². The summed E-state index contributed by atoms with van der Waals surface area (Å²) >= 11 is 0. The number of aromatic nitrogens is 2. The lowest BCUT2D eigenvalue weighted by molar-refractivity contribution is 0.640. The molecule has 52 heavy (non-hydrogen) atoms. The van der Waals surface area contributed by atoms with Crippen molar-refractivity contribution < 1.29 is 8.83 Å². The van der Waals surface area contributed by atoms with E-state index < -0.39 is 0 Å². The molecule has 0 unspecified atom stereocenters. The predicted octanol–water partition coefficient (Wildman–Crippen LogP) is 10.0. The zero-order chi connectivity index (χ0) is 34.8. The molecule has 0 radical (unpaired) electrons. The van der Waals surface area contributed by atoms with Crippen LogP contribution < -0.4 is 21.3 Å². The first-order chi connectivity index (χ1) is 25.4. The quantitative estimate of drug-likeness (QED) is 0.139. The largest absolute Gasteiger partial charge is 0.451 e. The fourth-order valence-corrected chi connectivity index (χ4v) is 8.71. The monoisotopic (exact) mass is 671 g/mol. The zero-order valence-electron chi connectivity index (χ0n) is 29.4. The van der Waals surface area contributed by atoms with Crippen LogP contribution in [0.1, 0.15) is 22.3 Å². The number of aryl methyl sites for hydroxylation is 4. The SMILES string of the molecule is Cc1ccc(N(c2ccc(C)cc2)c2c3oc4ccccc4n4c3c3c5c2oc2ccccc2n5-c2ccc(C)cc2B3c2cc(C)ccc2-4)cc1. The molecule has 6 heteroatoms. The molecule has 2 aliphatic heterocycles. The smallest absolute Gasteiger partial charge is 0.252 e. The topological polar surface area (TPSA) is 39.4 Å². The van der Waals surface area contributed by atoms with Gasteiger partial charge in [-0.3, -0.25) is 0 Å². The first kappa shape index (κ1) is 29.3. The molecule has 248 valence electrons. The molecule has 7 aromatic carbocycles. The van der Waals surface area contributed by atoms with Crippen LogP contribution in [0.2, 0.25) is 0 Å². The molecule has 11 rings (SSSR count). The number of fused-ring (bicyclic) bond motifs is 10. The Morgan fingerprint density at radius 3 is 1.37 bits per heavy atom. The molecule has 0 amide bonds. The third kappa shape index (κ3) is 3.95. The van der Waals surface area contributed by atoms with Crippen LogP contribution in [-0.4, -0.2) is 15.8 Å². The van der Waals surface area contributed by atoms with Crippen molar-refractivity contribution in [3.63, 3.8) is 0 Å². The fraction of sp³-hybridized carbons (Fsp3) is 0.0870. The van der Waals surface area contributed by atoms with Gasteiger partial charge in [-0.05, 0) is 105 Å². The third-order valence-electron chi connectivity index (χ3n) is 11.0. The van der Waals surface area contributed by atoms with E-state index in [1.807, 2.05) is 0 Å². The van der Waals surface area contributed by atoms with Crippen LogP contribution in [0.15, 0.2) is 142 Å². The first-order valence-corrected chi connectivity index (χ1v) is 18.0. The Hall–Kier alpha value is -6.40. The van der Waals surface area contributed by atoms with Crippen molar-refractivity contribution in [3.8, 4) is 11.4 Å². The van der Waals surface area contributed by atoms with E-state index in [9.17, 15) is 0 Å². The van der Waals surface area contributed by atoms with Gasteiger partial charge in [0.05, 0.1) is 22.1 Å². The highest BCUT2D eigenvalue weighted by Gasteiger charge is 2.43. The summed E-state index contributed by atoms with van der Waals surface area (Å²) in [7, 11) is 0. The van der Waals surface area contributed by atoms with E-state index in [-0.39, 0.29) is 6.71 Å². The predicted molar refractivity (Wildman–Crippen MR) is 216 cm³/mol. The summed E-state index contributed by atoms with van der Waals surface area (Å²) in [6.45, 7) is 8.61. The van der Waals surface area contributed by atoms with Gasteiger partial charge in [-0.25, -0.2) is 0 Å². The third-order valence-corrected chi connectivity index (χ3v) is 11.0. The molecule has 4 heterocycles. The van der Waals surface area contributed by atoms with Crippen LogP contribution in [0.5, 0.6) is 0 Å². The van der Waals surface area contributed by atoms with E-state index in [4.69, 9.17) is 8.83 Å². The van der Waals surface area contributed by atoms with Gasteiger partial charge in [-0.1, -0.05) is 95.1 Å². The van der Waals surface area contributed by atoms with Crippen LogP contribution in [-0.2, 0) is 0 Å². The molecule has 2 aromatic heterocycles. The number of benzene rings is 7. The molecule has 5 nitrogen and oxygen atoms in total. The number of para-hydroxylation sites is 4. The van der Waals surface area contributed by atoms with Crippen molar-refractivity contribution in [1.29, 1.82) is 0 Å². The molecule has 0 saturated heterocycles. The van der Waals surface area contributed by atoms with Gasteiger partial charge in [0, 0.05) is 22.7 Å². The highest BCUT2D eigenvalue weighted by atomic mass is 16.3. The number of hydrogen-bond acceptors (Lipinski definition) is 3. The van der Waals surface area contributed by atoms with Crippen LogP contribution in [0.4, 0.5) is 17.1 Å². The summed E-state index contributed by atoms with van der Waals surface area (Å²) in [5.74, 6) is 0. The molecule has 0 bridgehead atoms. The Balaban J connectivity index is 1.46. The van der Waals surface area contributed by atoms with E-state index in [1.165, 1.54) is 50.0 Å². The van der Waals surface area contributed by atoms with Crippen molar-refractivity contribution in [3.05, 3.63) is 156 Å². The van der Waals surface area contributed by atoms with Gasteiger partial charge in [0.2, 0.25) is 0 Å². The first-order valence-electron chi connectivity index (χ1n) is 18.0. The average Bonchev–Trinajstić information content (AvgIpc) is 3.16.